The molecule has 2 saturated heterocycles. The summed E-state index contributed by atoms with van der Waals surface area (Å²) >= 11 is 3.65. The van der Waals surface area contributed by atoms with Gasteiger partial charge in [0, 0.05) is 56.3 Å². The number of ether oxygens (including phenoxy) is 2. The Kier molecular flexibility index (Phi) is 10.9. The zero-order valence-corrected chi connectivity index (χ0v) is 20.4. The van der Waals surface area contributed by atoms with E-state index in [1.54, 1.807) is 0 Å². The Labute approximate surface area is 194 Å². The summed E-state index contributed by atoms with van der Waals surface area (Å²) in [6, 6.07) is 8.80. The summed E-state index contributed by atoms with van der Waals surface area (Å²) in [6.45, 7) is 6.23. The number of guanidine groups is 1. The van der Waals surface area contributed by atoms with Crippen molar-refractivity contribution in [2.24, 2.45) is 10.9 Å². The van der Waals surface area contributed by atoms with Crippen molar-refractivity contribution in [2.45, 2.75) is 25.3 Å². The fourth-order valence-electron chi connectivity index (χ4n) is 3.54. The lowest BCUT2D eigenvalue weighted by Crippen LogP contribution is -2.45. The van der Waals surface area contributed by atoms with E-state index in [1.165, 1.54) is 5.69 Å². The van der Waals surface area contributed by atoms with Gasteiger partial charge < -0.3 is 25.0 Å². The predicted molar refractivity (Wildman–Crippen MR) is 129 cm³/mol. The van der Waals surface area contributed by atoms with E-state index in [0.29, 0.717) is 12.0 Å². The quantitative estimate of drug-likeness (QED) is 0.219. The molecule has 1 aromatic rings. The predicted octanol–water partition coefficient (Wildman–Crippen LogP) is 3.25. The molecule has 28 heavy (non-hydrogen) atoms. The summed E-state index contributed by atoms with van der Waals surface area (Å²) in [6.07, 6.45) is 3.21. The number of benzene rings is 1. The maximum Gasteiger partial charge on any atom is 0.191 e. The molecule has 0 saturated carbocycles. The molecule has 2 heterocycles. The van der Waals surface area contributed by atoms with E-state index in [2.05, 4.69) is 60.7 Å². The van der Waals surface area contributed by atoms with Gasteiger partial charge in [-0.1, -0.05) is 12.1 Å². The van der Waals surface area contributed by atoms with E-state index in [0.717, 1.165) is 75.8 Å². The molecule has 6 nitrogen and oxygen atoms in total. The van der Waals surface area contributed by atoms with E-state index < -0.39 is 0 Å². The highest BCUT2D eigenvalue weighted by Gasteiger charge is 2.24. The fraction of sp³-hybridized carbons (Fsp3) is 0.650. The summed E-state index contributed by atoms with van der Waals surface area (Å²) in [5.74, 6) is 1.46. The molecule has 2 aliphatic heterocycles. The lowest BCUT2D eigenvalue weighted by molar-refractivity contribution is 0.0888. The topological polar surface area (TPSA) is 58.1 Å². The largest absolute Gasteiger partial charge is 0.381 e. The molecule has 3 rings (SSSR count). The van der Waals surface area contributed by atoms with Crippen LogP contribution in [0.3, 0.4) is 0 Å². The van der Waals surface area contributed by atoms with Gasteiger partial charge in [0.15, 0.2) is 5.96 Å². The molecule has 0 aliphatic carbocycles. The molecule has 2 fully saturated rings. The van der Waals surface area contributed by atoms with E-state index >= 15 is 0 Å². The number of anilines is 1. The van der Waals surface area contributed by atoms with E-state index in [-0.39, 0.29) is 24.0 Å². The Bertz CT molecular complexity index is 614. The minimum absolute atomic E-state index is 0. The molecular weight excluding hydrogens is 535 g/mol. The second-order valence-corrected chi connectivity index (χ2v) is 8.04. The summed E-state index contributed by atoms with van der Waals surface area (Å²) in [7, 11) is 1.83. The third kappa shape index (κ3) is 7.35. The van der Waals surface area contributed by atoms with Gasteiger partial charge in [-0.25, -0.2) is 0 Å². The van der Waals surface area contributed by atoms with Crippen molar-refractivity contribution in [3.63, 3.8) is 0 Å². The average molecular weight is 567 g/mol. The highest BCUT2D eigenvalue weighted by Crippen LogP contribution is 2.28. The maximum absolute atomic E-state index is 5.75. The molecule has 8 heteroatoms. The van der Waals surface area contributed by atoms with Crippen molar-refractivity contribution < 1.29 is 9.47 Å². The summed E-state index contributed by atoms with van der Waals surface area (Å²) < 4.78 is 12.3. The second-order valence-electron chi connectivity index (χ2n) is 7.18. The van der Waals surface area contributed by atoms with Crippen molar-refractivity contribution in [3.8, 4) is 0 Å². The fourth-order valence-corrected chi connectivity index (χ4v) is 4.07. The molecule has 0 amide bonds. The van der Waals surface area contributed by atoms with Crippen LogP contribution in [0.5, 0.6) is 0 Å². The van der Waals surface area contributed by atoms with Crippen LogP contribution in [0.2, 0.25) is 0 Å². The third-order valence-corrected chi connectivity index (χ3v) is 5.75. The van der Waals surface area contributed by atoms with E-state index in [1.807, 2.05) is 7.05 Å². The number of para-hydroxylation sites is 1. The molecule has 0 aromatic heterocycles. The van der Waals surface area contributed by atoms with Crippen LogP contribution in [-0.4, -0.2) is 65.1 Å². The molecule has 0 bridgehead atoms. The highest BCUT2D eigenvalue weighted by atomic mass is 127. The lowest BCUT2D eigenvalue weighted by Gasteiger charge is -2.21. The Morgan fingerprint density at radius 3 is 2.96 bits per heavy atom. The molecule has 0 spiro atoms. The Balaban J connectivity index is 0.00000280. The van der Waals surface area contributed by atoms with Crippen LogP contribution >= 0.6 is 39.9 Å². The Hall–Kier alpha value is -0.580. The van der Waals surface area contributed by atoms with Gasteiger partial charge in [0.25, 0.3) is 0 Å². The molecule has 2 aliphatic rings. The van der Waals surface area contributed by atoms with Gasteiger partial charge >= 0.3 is 0 Å². The molecule has 1 aromatic carbocycles. The van der Waals surface area contributed by atoms with E-state index in [4.69, 9.17) is 9.47 Å². The average Bonchev–Trinajstić information content (AvgIpc) is 3.36. The standard InChI is InChI=1S/C20H31BrN4O2.HI/c1-22-20(23-9-4-11-26-14-16-8-12-27-15-16)24-17-7-10-25(13-17)19-6-3-2-5-18(19)21;/h2-3,5-6,16-17H,4,7-15H2,1H3,(H2,22,23,24);1H. The van der Waals surface area contributed by atoms with Gasteiger partial charge in [0.05, 0.1) is 18.9 Å². The first-order chi connectivity index (χ1) is 13.3. The molecule has 2 unspecified atom stereocenters. The molecular formula is C20H32BrIN4O2. The van der Waals surface area contributed by atoms with Crippen molar-refractivity contribution in [1.29, 1.82) is 0 Å². The summed E-state index contributed by atoms with van der Waals surface area (Å²) in [5, 5.41) is 6.94. The van der Waals surface area contributed by atoms with Crippen LogP contribution in [0, 0.1) is 5.92 Å². The van der Waals surface area contributed by atoms with Crippen LogP contribution in [0.1, 0.15) is 19.3 Å². The molecule has 2 N–H and O–H groups in total. The molecule has 0 radical (unpaired) electrons. The minimum Gasteiger partial charge on any atom is -0.381 e. The first-order valence-electron chi connectivity index (χ1n) is 9.88. The van der Waals surface area contributed by atoms with Crippen LogP contribution in [0.15, 0.2) is 33.7 Å². The monoisotopic (exact) mass is 566 g/mol. The minimum atomic E-state index is 0. The van der Waals surface area contributed by atoms with Gasteiger partial charge in [0.1, 0.15) is 0 Å². The number of aliphatic imine (C=N–C) groups is 1. The maximum atomic E-state index is 5.75. The van der Waals surface area contributed by atoms with E-state index in [9.17, 15) is 0 Å². The zero-order valence-electron chi connectivity index (χ0n) is 16.5. The first kappa shape index (κ1) is 23.7. The number of nitrogens with one attached hydrogen (secondary N) is 2. The Morgan fingerprint density at radius 1 is 1.36 bits per heavy atom. The molecule has 2 atom stereocenters. The van der Waals surface area contributed by atoms with Crippen LogP contribution in [0.25, 0.3) is 0 Å². The van der Waals surface area contributed by atoms with Gasteiger partial charge in [-0.3, -0.25) is 4.99 Å². The zero-order chi connectivity index (χ0) is 18.9. The lowest BCUT2D eigenvalue weighted by atomic mass is 10.1. The van der Waals surface area contributed by atoms with Crippen LogP contribution in [-0.2, 0) is 9.47 Å². The van der Waals surface area contributed by atoms with Crippen molar-refractivity contribution in [1.82, 2.24) is 10.6 Å². The van der Waals surface area contributed by atoms with Crippen molar-refractivity contribution in [2.75, 3.05) is 58.0 Å². The number of halogens is 2. The Morgan fingerprint density at radius 2 is 2.21 bits per heavy atom. The van der Waals surface area contributed by atoms with Gasteiger partial charge in [0.2, 0.25) is 0 Å². The van der Waals surface area contributed by atoms with Gasteiger partial charge in [-0.05, 0) is 47.3 Å². The van der Waals surface area contributed by atoms with Crippen LogP contribution < -0.4 is 15.5 Å². The highest BCUT2D eigenvalue weighted by molar-refractivity contribution is 14.0. The van der Waals surface area contributed by atoms with Gasteiger partial charge in [-0.2, -0.15) is 0 Å². The number of hydrogen-bond donors (Lipinski definition) is 2. The smallest absolute Gasteiger partial charge is 0.191 e. The third-order valence-electron chi connectivity index (χ3n) is 5.08. The van der Waals surface area contributed by atoms with Crippen LogP contribution in [0.4, 0.5) is 5.69 Å². The number of rotatable bonds is 8. The second kappa shape index (κ2) is 12.9. The first-order valence-corrected chi connectivity index (χ1v) is 10.7. The molecule has 158 valence electrons. The summed E-state index contributed by atoms with van der Waals surface area (Å²) in [5.41, 5.74) is 1.26. The summed E-state index contributed by atoms with van der Waals surface area (Å²) in [4.78, 5) is 6.77. The van der Waals surface area contributed by atoms with Gasteiger partial charge in [-0.15, -0.1) is 24.0 Å². The number of hydrogen-bond acceptors (Lipinski definition) is 4. The number of nitrogens with zero attached hydrogens (tertiary/aromatic N) is 2. The SMILES string of the molecule is CN=C(NCCCOCC1CCOC1)NC1CCN(c2ccccc2Br)C1.I. The van der Waals surface area contributed by atoms with Crippen molar-refractivity contribution in [3.05, 3.63) is 28.7 Å². The normalized spacial score (nSPS) is 22.2. The van der Waals surface area contributed by atoms with Crippen molar-refractivity contribution >= 4 is 51.6 Å².